The average Bonchev–Trinajstić information content (AvgIpc) is 2.87. The number of nitrogens with zero attached hydrogens (tertiary/aromatic N) is 1. The van der Waals surface area contributed by atoms with E-state index in [1.54, 1.807) is 18.3 Å². The van der Waals surface area contributed by atoms with E-state index in [9.17, 15) is 8.42 Å². The summed E-state index contributed by atoms with van der Waals surface area (Å²) in [6.07, 6.45) is 1.61. The van der Waals surface area contributed by atoms with Gasteiger partial charge in [-0.2, -0.15) is 5.10 Å². The van der Waals surface area contributed by atoms with Gasteiger partial charge in [0.1, 0.15) is 4.90 Å². The van der Waals surface area contributed by atoms with Crippen molar-refractivity contribution in [3.63, 3.8) is 0 Å². The maximum Gasteiger partial charge on any atom is 0.263 e. The molecule has 2 aromatic carbocycles. The molecule has 0 aliphatic rings. The van der Waals surface area contributed by atoms with Crippen LogP contribution in [0, 0.1) is 0 Å². The van der Waals surface area contributed by atoms with Crippen LogP contribution in [0.2, 0.25) is 10.0 Å². The first-order chi connectivity index (χ1) is 9.97. The number of halogens is 2. The van der Waals surface area contributed by atoms with Gasteiger partial charge in [0.2, 0.25) is 0 Å². The molecule has 1 heterocycles. The predicted molar refractivity (Wildman–Crippen MR) is 83.4 cm³/mol. The van der Waals surface area contributed by atoms with Gasteiger partial charge in [-0.1, -0.05) is 35.3 Å². The molecule has 0 radical (unpaired) electrons. The molecular formula is C13H9Cl2N3O2S. The maximum atomic E-state index is 12.4. The Morgan fingerprint density at radius 3 is 2.71 bits per heavy atom. The minimum Gasteiger partial charge on any atom is -0.277 e. The Morgan fingerprint density at radius 2 is 1.95 bits per heavy atom. The second-order valence-corrected chi connectivity index (χ2v) is 6.81. The fourth-order valence-electron chi connectivity index (χ4n) is 1.95. The number of nitrogens with one attached hydrogen (secondary N) is 2. The standard InChI is InChI=1S/C13H9Cl2N3O2S/c14-9-4-5-12(10(15)6-9)21(19,20)18-11-3-1-2-8-7-16-17-13(8)11/h1-7,18H,(H,16,17). The molecule has 108 valence electrons. The van der Waals surface area contributed by atoms with Crippen molar-refractivity contribution in [1.29, 1.82) is 0 Å². The summed E-state index contributed by atoms with van der Waals surface area (Å²) in [7, 11) is -3.82. The Morgan fingerprint density at radius 1 is 1.14 bits per heavy atom. The molecule has 0 saturated heterocycles. The topological polar surface area (TPSA) is 74.8 Å². The number of aromatic nitrogens is 2. The number of aromatic amines is 1. The van der Waals surface area contributed by atoms with Crippen molar-refractivity contribution in [3.05, 3.63) is 52.6 Å². The Balaban J connectivity index is 2.05. The monoisotopic (exact) mass is 341 g/mol. The van der Waals surface area contributed by atoms with Crippen LogP contribution >= 0.6 is 23.2 Å². The van der Waals surface area contributed by atoms with Gasteiger partial charge in [0, 0.05) is 10.4 Å². The molecule has 3 rings (SSSR count). The largest absolute Gasteiger partial charge is 0.277 e. The van der Waals surface area contributed by atoms with Gasteiger partial charge in [0.05, 0.1) is 22.4 Å². The number of hydrogen-bond acceptors (Lipinski definition) is 3. The Kier molecular flexibility index (Phi) is 3.52. The van der Waals surface area contributed by atoms with Gasteiger partial charge in [-0.15, -0.1) is 0 Å². The number of hydrogen-bond donors (Lipinski definition) is 2. The van der Waals surface area contributed by atoms with E-state index >= 15 is 0 Å². The van der Waals surface area contributed by atoms with Crippen LogP contribution < -0.4 is 4.72 Å². The van der Waals surface area contributed by atoms with Crippen molar-refractivity contribution in [3.8, 4) is 0 Å². The molecule has 8 heteroatoms. The summed E-state index contributed by atoms with van der Waals surface area (Å²) in [5.41, 5.74) is 1.00. The second kappa shape index (κ2) is 5.22. The van der Waals surface area contributed by atoms with Crippen molar-refractivity contribution < 1.29 is 8.42 Å². The highest BCUT2D eigenvalue weighted by atomic mass is 35.5. The molecule has 0 fully saturated rings. The van der Waals surface area contributed by atoms with Crippen LogP contribution in [-0.2, 0) is 10.0 Å². The highest BCUT2D eigenvalue weighted by molar-refractivity contribution is 7.92. The molecule has 0 atom stereocenters. The van der Waals surface area contributed by atoms with Crippen LogP contribution in [0.5, 0.6) is 0 Å². The molecule has 0 amide bonds. The van der Waals surface area contributed by atoms with Gasteiger partial charge in [-0.3, -0.25) is 9.82 Å². The number of H-pyrrole nitrogens is 1. The van der Waals surface area contributed by atoms with Crippen molar-refractivity contribution >= 4 is 49.8 Å². The third-order valence-electron chi connectivity index (χ3n) is 2.90. The Labute approximate surface area is 130 Å². The zero-order chi connectivity index (χ0) is 15.0. The van der Waals surface area contributed by atoms with Crippen LogP contribution in [0.15, 0.2) is 47.5 Å². The number of sulfonamides is 1. The lowest BCUT2D eigenvalue weighted by Gasteiger charge is -2.10. The third kappa shape index (κ3) is 2.70. The van der Waals surface area contributed by atoms with Crippen molar-refractivity contribution in [1.82, 2.24) is 10.2 Å². The molecule has 0 bridgehead atoms. The summed E-state index contributed by atoms with van der Waals surface area (Å²) in [6, 6.07) is 9.42. The molecule has 2 N–H and O–H groups in total. The van der Waals surface area contributed by atoms with Crippen molar-refractivity contribution in [2.24, 2.45) is 0 Å². The summed E-state index contributed by atoms with van der Waals surface area (Å²) in [6.45, 7) is 0. The fourth-order valence-corrected chi connectivity index (χ4v) is 3.79. The van der Waals surface area contributed by atoms with Crippen LogP contribution in [0.25, 0.3) is 10.9 Å². The first-order valence-electron chi connectivity index (χ1n) is 5.87. The molecule has 1 aromatic heterocycles. The van der Waals surface area contributed by atoms with E-state index in [0.717, 1.165) is 5.39 Å². The highest BCUT2D eigenvalue weighted by Gasteiger charge is 2.19. The number of para-hydroxylation sites is 1. The van der Waals surface area contributed by atoms with Gasteiger partial charge >= 0.3 is 0 Å². The van der Waals surface area contributed by atoms with Gasteiger partial charge < -0.3 is 0 Å². The molecule has 0 saturated carbocycles. The zero-order valence-corrected chi connectivity index (χ0v) is 12.8. The fraction of sp³-hybridized carbons (Fsp3) is 0. The van der Waals surface area contributed by atoms with Gasteiger partial charge in [-0.25, -0.2) is 8.42 Å². The Bertz CT molecular complexity index is 922. The van der Waals surface area contributed by atoms with E-state index in [4.69, 9.17) is 23.2 Å². The normalized spacial score (nSPS) is 11.7. The van der Waals surface area contributed by atoms with E-state index in [2.05, 4.69) is 14.9 Å². The minimum atomic E-state index is -3.82. The number of anilines is 1. The lowest BCUT2D eigenvalue weighted by atomic mass is 10.2. The predicted octanol–water partition coefficient (Wildman–Crippen LogP) is 3.67. The summed E-state index contributed by atoms with van der Waals surface area (Å²) in [5, 5.41) is 7.88. The van der Waals surface area contributed by atoms with E-state index in [1.165, 1.54) is 18.2 Å². The van der Waals surface area contributed by atoms with Crippen LogP contribution in [0.3, 0.4) is 0 Å². The molecule has 0 unspecified atom stereocenters. The number of fused-ring (bicyclic) bond motifs is 1. The van der Waals surface area contributed by atoms with Gasteiger partial charge in [0.15, 0.2) is 0 Å². The number of rotatable bonds is 3. The van der Waals surface area contributed by atoms with E-state index in [-0.39, 0.29) is 9.92 Å². The molecule has 5 nitrogen and oxygen atoms in total. The SMILES string of the molecule is O=S(=O)(Nc1cccc2cn[nH]c12)c1ccc(Cl)cc1Cl. The van der Waals surface area contributed by atoms with E-state index < -0.39 is 10.0 Å². The quantitative estimate of drug-likeness (QED) is 0.763. The van der Waals surface area contributed by atoms with Crippen LogP contribution in [0.1, 0.15) is 0 Å². The van der Waals surface area contributed by atoms with Crippen molar-refractivity contribution in [2.75, 3.05) is 4.72 Å². The van der Waals surface area contributed by atoms with Crippen molar-refractivity contribution in [2.45, 2.75) is 4.90 Å². The summed E-state index contributed by atoms with van der Waals surface area (Å²) < 4.78 is 27.4. The van der Waals surface area contributed by atoms with Crippen LogP contribution in [-0.4, -0.2) is 18.6 Å². The second-order valence-electron chi connectivity index (χ2n) is 4.32. The molecule has 0 aliphatic carbocycles. The smallest absolute Gasteiger partial charge is 0.263 e. The highest BCUT2D eigenvalue weighted by Crippen LogP contribution is 2.28. The first-order valence-corrected chi connectivity index (χ1v) is 8.11. The third-order valence-corrected chi connectivity index (χ3v) is 4.99. The first kappa shape index (κ1) is 14.2. The van der Waals surface area contributed by atoms with E-state index in [1.807, 2.05) is 6.07 Å². The molecule has 21 heavy (non-hydrogen) atoms. The summed E-state index contributed by atoms with van der Waals surface area (Å²) in [5.74, 6) is 0. The van der Waals surface area contributed by atoms with Gasteiger partial charge in [-0.05, 0) is 24.3 Å². The van der Waals surface area contributed by atoms with Gasteiger partial charge in [0.25, 0.3) is 10.0 Å². The molecule has 0 aliphatic heterocycles. The Hall–Kier alpha value is -1.76. The summed E-state index contributed by atoms with van der Waals surface area (Å²) >= 11 is 11.7. The molecule has 3 aromatic rings. The minimum absolute atomic E-state index is 0.0370. The van der Waals surface area contributed by atoms with E-state index in [0.29, 0.717) is 16.2 Å². The number of benzene rings is 2. The maximum absolute atomic E-state index is 12.4. The summed E-state index contributed by atoms with van der Waals surface area (Å²) in [4.78, 5) is -0.0370. The lowest BCUT2D eigenvalue weighted by Crippen LogP contribution is -2.13. The zero-order valence-electron chi connectivity index (χ0n) is 10.5. The lowest BCUT2D eigenvalue weighted by molar-refractivity contribution is 0.601. The molecule has 0 spiro atoms. The van der Waals surface area contributed by atoms with Crippen LogP contribution in [0.4, 0.5) is 5.69 Å². The molecular weight excluding hydrogens is 333 g/mol. The average molecular weight is 342 g/mol.